The van der Waals surface area contributed by atoms with E-state index in [1.807, 2.05) is 54.3 Å². The van der Waals surface area contributed by atoms with Gasteiger partial charge in [0.05, 0.1) is 5.54 Å². The van der Waals surface area contributed by atoms with Gasteiger partial charge in [-0.25, -0.2) is 0 Å². The summed E-state index contributed by atoms with van der Waals surface area (Å²) in [5.74, 6) is 0.0250. The van der Waals surface area contributed by atoms with E-state index in [9.17, 15) is 5.11 Å². The van der Waals surface area contributed by atoms with E-state index < -0.39 is 0 Å². The average Bonchev–Trinajstić information content (AvgIpc) is 2.49. The largest absolute Gasteiger partial charge is 1.00 e. The first-order valence-electron chi connectivity index (χ1n) is 7.27. The standard InChI is InChI=1S/C19H23NO.Li/c1-5-20(18(21)17-14-10-9-11-15(17)2)19(3,4)16-12-7-6-8-13-16;/h6-14,21H,2,5H2,1,3-4H3;/q;+1/p-1/b18-17-;. The Bertz CT molecular complexity index is 710. The number of hydrogen-bond acceptors (Lipinski definition) is 2. The van der Waals surface area contributed by atoms with Crippen LogP contribution in [-0.4, -0.2) is 11.4 Å². The van der Waals surface area contributed by atoms with Gasteiger partial charge in [0.1, 0.15) is 0 Å². The summed E-state index contributed by atoms with van der Waals surface area (Å²) in [5.41, 5.74) is 0.761. The molecule has 22 heavy (non-hydrogen) atoms. The third-order valence-electron chi connectivity index (χ3n) is 3.96. The first kappa shape index (κ1) is 18.4. The van der Waals surface area contributed by atoms with Crippen molar-refractivity contribution in [3.8, 4) is 0 Å². The second-order valence-electron chi connectivity index (χ2n) is 5.63. The SMILES string of the molecule is C=c1cccc/c1=C(/[O-])N(CC)C(C)(C)c1ccccc1.[Li+]. The minimum Gasteiger partial charge on any atom is -0.860 e. The molecule has 0 N–H and O–H groups in total. The molecule has 0 fully saturated rings. The van der Waals surface area contributed by atoms with Crippen LogP contribution in [0.4, 0.5) is 0 Å². The van der Waals surface area contributed by atoms with Gasteiger partial charge in [-0.2, -0.15) is 0 Å². The first-order valence-corrected chi connectivity index (χ1v) is 7.27. The van der Waals surface area contributed by atoms with E-state index in [1.165, 1.54) is 0 Å². The molecule has 0 saturated heterocycles. The van der Waals surface area contributed by atoms with E-state index in [1.54, 1.807) is 0 Å². The summed E-state index contributed by atoms with van der Waals surface area (Å²) in [6.07, 6.45) is 0. The molecule has 0 bridgehead atoms. The number of hydrogen-bond donors (Lipinski definition) is 0. The van der Waals surface area contributed by atoms with Crippen LogP contribution in [0.1, 0.15) is 26.3 Å². The van der Waals surface area contributed by atoms with Crippen LogP contribution in [0.5, 0.6) is 0 Å². The minimum absolute atomic E-state index is 0. The maximum atomic E-state index is 12.9. The Kier molecular flexibility index (Phi) is 6.35. The topological polar surface area (TPSA) is 26.3 Å². The van der Waals surface area contributed by atoms with Crippen LogP contribution < -0.4 is 34.4 Å². The molecule has 0 saturated carbocycles. The van der Waals surface area contributed by atoms with Crippen molar-refractivity contribution in [3.63, 3.8) is 0 Å². The molecule has 110 valence electrons. The molecule has 0 atom stereocenters. The summed E-state index contributed by atoms with van der Waals surface area (Å²) in [6, 6.07) is 17.6. The molecule has 0 heterocycles. The minimum atomic E-state index is -0.366. The summed E-state index contributed by atoms with van der Waals surface area (Å²) in [4.78, 5) is 1.90. The molecule has 0 aliphatic heterocycles. The maximum absolute atomic E-state index is 12.9. The van der Waals surface area contributed by atoms with Crippen LogP contribution in [0.15, 0.2) is 54.6 Å². The quantitative estimate of drug-likeness (QED) is 0.659. The van der Waals surface area contributed by atoms with Crippen LogP contribution >= 0.6 is 0 Å². The monoisotopic (exact) mass is 287 g/mol. The zero-order valence-electron chi connectivity index (χ0n) is 14.0. The van der Waals surface area contributed by atoms with Crippen molar-refractivity contribution >= 4 is 12.5 Å². The molecule has 2 rings (SSSR count). The van der Waals surface area contributed by atoms with E-state index in [0.717, 1.165) is 10.8 Å². The molecule has 0 radical (unpaired) electrons. The predicted octanol–water partition coefficient (Wildman–Crippen LogP) is -1.22. The van der Waals surface area contributed by atoms with E-state index in [2.05, 4.69) is 32.6 Å². The van der Waals surface area contributed by atoms with Gasteiger partial charge < -0.3 is 10.0 Å². The van der Waals surface area contributed by atoms with Crippen molar-refractivity contribution in [1.29, 1.82) is 0 Å². The number of nitrogens with zero attached hydrogens (tertiary/aromatic N) is 1. The second-order valence-corrected chi connectivity index (χ2v) is 5.63. The van der Waals surface area contributed by atoms with Gasteiger partial charge in [0.25, 0.3) is 0 Å². The molecule has 0 spiro atoms. The Labute approximate surface area is 145 Å². The number of benzene rings is 2. The third-order valence-corrected chi connectivity index (χ3v) is 3.96. The third kappa shape index (κ3) is 3.58. The fourth-order valence-electron chi connectivity index (χ4n) is 2.67. The van der Waals surface area contributed by atoms with Crippen molar-refractivity contribution in [3.05, 3.63) is 70.6 Å². The van der Waals surface area contributed by atoms with Crippen molar-refractivity contribution < 1.29 is 24.0 Å². The second kappa shape index (κ2) is 7.58. The zero-order chi connectivity index (χ0) is 15.5. The van der Waals surface area contributed by atoms with Gasteiger partial charge in [0, 0.05) is 6.54 Å². The average molecular weight is 287 g/mol. The Morgan fingerprint density at radius 1 is 1.05 bits per heavy atom. The molecule has 0 aliphatic carbocycles. The number of rotatable bonds is 4. The Hall–Kier alpha value is -1.62. The van der Waals surface area contributed by atoms with Gasteiger partial charge in [-0.05, 0) is 42.7 Å². The first-order chi connectivity index (χ1) is 9.98. The molecule has 2 aromatic carbocycles. The van der Waals surface area contributed by atoms with E-state index >= 15 is 0 Å². The summed E-state index contributed by atoms with van der Waals surface area (Å²) in [5, 5.41) is 14.3. The van der Waals surface area contributed by atoms with Crippen LogP contribution in [0.25, 0.3) is 12.5 Å². The fourth-order valence-corrected chi connectivity index (χ4v) is 2.67. The molecule has 0 unspecified atom stereocenters. The molecule has 2 aromatic rings. The van der Waals surface area contributed by atoms with Crippen molar-refractivity contribution in [2.24, 2.45) is 0 Å². The van der Waals surface area contributed by atoms with Gasteiger partial charge in [0.2, 0.25) is 0 Å². The van der Waals surface area contributed by atoms with Gasteiger partial charge >= 0.3 is 18.9 Å². The summed E-state index contributed by atoms with van der Waals surface area (Å²) < 4.78 is 0. The molecule has 3 heteroatoms. The summed E-state index contributed by atoms with van der Waals surface area (Å²) in [6.45, 7) is 10.8. The van der Waals surface area contributed by atoms with E-state index in [0.29, 0.717) is 11.8 Å². The van der Waals surface area contributed by atoms with E-state index in [4.69, 9.17) is 0 Å². The molecule has 0 aliphatic rings. The predicted molar refractivity (Wildman–Crippen MR) is 86.5 cm³/mol. The summed E-state index contributed by atoms with van der Waals surface area (Å²) >= 11 is 0. The molecular formula is C19H22LiNO. The van der Waals surface area contributed by atoms with Gasteiger partial charge in [-0.15, -0.1) is 0 Å². The van der Waals surface area contributed by atoms with Crippen LogP contribution in [0, 0.1) is 0 Å². The fraction of sp³-hybridized carbons (Fsp3) is 0.263. The van der Waals surface area contributed by atoms with Crippen LogP contribution in [0.3, 0.4) is 0 Å². The Balaban J connectivity index is 0.00000242. The zero-order valence-corrected chi connectivity index (χ0v) is 14.0. The van der Waals surface area contributed by atoms with Crippen LogP contribution in [0.2, 0.25) is 0 Å². The Morgan fingerprint density at radius 2 is 1.59 bits per heavy atom. The van der Waals surface area contributed by atoms with Crippen molar-refractivity contribution in [1.82, 2.24) is 4.90 Å². The van der Waals surface area contributed by atoms with Crippen molar-refractivity contribution in [2.45, 2.75) is 26.3 Å². The van der Waals surface area contributed by atoms with E-state index in [-0.39, 0.29) is 30.3 Å². The smallest absolute Gasteiger partial charge is 0.860 e. The Morgan fingerprint density at radius 3 is 2.14 bits per heavy atom. The molecule has 0 amide bonds. The molecule has 2 nitrogen and oxygen atoms in total. The molecule has 0 aromatic heterocycles. The van der Waals surface area contributed by atoms with Crippen LogP contribution in [-0.2, 0) is 5.54 Å². The molecular weight excluding hydrogens is 265 g/mol. The van der Waals surface area contributed by atoms with Crippen molar-refractivity contribution in [2.75, 3.05) is 6.54 Å². The maximum Gasteiger partial charge on any atom is 1.00 e. The van der Waals surface area contributed by atoms with Gasteiger partial charge in [0.15, 0.2) is 0 Å². The normalized spacial score (nSPS) is 12.3. The van der Waals surface area contributed by atoms with Gasteiger partial charge in [-0.1, -0.05) is 61.2 Å². The van der Waals surface area contributed by atoms with Gasteiger partial charge in [-0.3, -0.25) is 0 Å². The summed E-state index contributed by atoms with van der Waals surface area (Å²) in [7, 11) is 0.